The van der Waals surface area contributed by atoms with Crippen molar-refractivity contribution in [2.45, 2.75) is 44.9 Å². The standard InChI is InChI=1S/C14H19BrFNO/c1-10(18)7-13-3-2-6-17(13)9-11-8-12(16)4-5-14(11)15/h4-5,8,10,13,18H,2-3,6-7,9H2,1H3. The number of likely N-dealkylation sites (tertiary alicyclic amines) is 1. The Kier molecular flexibility index (Phi) is 4.76. The van der Waals surface area contributed by atoms with Gasteiger partial charge in [-0.3, -0.25) is 4.90 Å². The minimum atomic E-state index is -0.272. The lowest BCUT2D eigenvalue weighted by Crippen LogP contribution is -2.31. The minimum absolute atomic E-state index is 0.195. The predicted octanol–water partition coefficient (Wildman–Crippen LogP) is 3.32. The Morgan fingerprint density at radius 3 is 3.06 bits per heavy atom. The molecule has 1 aliphatic heterocycles. The lowest BCUT2D eigenvalue weighted by Gasteiger charge is -2.26. The van der Waals surface area contributed by atoms with Gasteiger partial charge in [-0.15, -0.1) is 0 Å². The van der Waals surface area contributed by atoms with E-state index in [0.29, 0.717) is 6.04 Å². The lowest BCUT2D eigenvalue weighted by molar-refractivity contribution is 0.130. The van der Waals surface area contributed by atoms with E-state index in [0.717, 1.165) is 42.4 Å². The van der Waals surface area contributed by atoms with Crippen LogP contribution in [0, 0.1) is 5.82 Å². The second kappa shape index (κ2) is 6.13. The molecule has 2 unspecified atom stereocenters. The van der Waals surface area contributed by atoms with Crippen molar-refractivity contribution < 1.29 is 9.50 Å². The summed E-state index contributed by atoms with van der Waals surface area (Å²) in [5, 5.41) is 9.50. The van der Waals surface area contributed by atoms with Crippen molar-refractivity contribution in [1.29, 1.82) is 0 Å². The Balaban J connectivity index is 2.05. The quantitative estimate of drug-likeness (QED) is 0.921. The first-order valence-corrected chi connectivity index (χ1v) is 7.21. The summed E-state index contributed by atoms with van der Waals surface area (Å²) in [5.74, 6) is -0.195. The maximum absolute atomic E-state index is 13.2. The molecule has 1 aromatic carbocycles. The van der Waals surface area contributed by atoms with E-state index in [2.05, 4.69) is 20.8 Å². The van der Waals surface area contributed by atoms with E-state index in [9.17, 15) is 9.50 Å². The zero-order chi connectivity index (χ0) is 13.1. The average Bonchev–Trinajstić information content (AvgIpc) is 2.70. The highest BCUT2D eigenvalue weighted by molar-refractivity contribution is 9.10. The average molecular weight is 316 g/mol. The second-order valence-corrected chi connectivity index (χ2v) is 5.94. The molecule has 0 aliphatic carbocycles. The molecule has 2 nitrogen and oxygen atoms in total. The topological polar surface area (TPSA) is 23.5 Å². The summed E-state index contributed by atoms with van der Waals surface area (Å²) < 4.78 is 14.2. The van der Waals surface area contributed by atoms with Gasteiger partial charge in [0.1, 0.15) is 5.82 Å². The lowest BCUT2D eigenvalue weighted by atomic mass is 10.1. The van der Waals surface area contributed by atoms with E-state index in [4.69, 9.17) is 0 Å². The van der Waals surface area contributed by atoms with Gasteiger partial charge in [0.05, 0.1) is 6.10 Å². The van der Waals surface area contributed by atoms with E-state index in [1.807, 2.05) is 6.92 Å². The first-order chi connectivity index (χ1) is 8.56. The van der Waals surface area contributed by atoms with Gasteiger partial charge < -0.3 is 5.11 Å². The Hall–Kier alpha value is -0.450. The number of halogens is 2. The van der Waals surface area contributed by atoms with Crippen LogP contribution in [-0.2, 0) is 6.54 Å². The van der Waals surface area contributed by atoms with Crippen LogP contribution in [0.1, 0.15) is 31.7 Å². The summed E-state index contributed by atoms with van der Waals surface area (Å²) in [6.07, 6.45) is 2.81. The molecule has 0 amide bonds. The van der Waals surface area contributed by atoms with Gasteiger partial charge in [0.25, 0.3) is 0 Å². The molecule has 1 aromatic rings. The SMILES string of the molecule is CC(O)CC1CCCN1Cc1cc(F)ccc1Br. The van der Waals surface area contributed by atoms with Crippen molar-refractivity contribution in [1.82, 2.24) is 4.90 Å². The fraction of sp³-hybridized carbons (Fsp3) is 0.571. The van der Waals surface area contributed by atoms with Gasteiger partial charge in [-0.05, 0) is 56.5 Å². The van der Waals surface area contributed by atoms with E-state index >= 15 is 0 Å². The van der Waals surface area contributed by atoms with Crippen LogP contribution in [0.3, 0.4) is 0 Å². The van der Waals surface area contributed by atoms with Crippen molar-refractivity contribution in [2.24, 2.45) is 0 Å². The smallest absolute Gasteiger partial charge is 0.123 e. The van der Waals surface area contributed by atoms with Crippen LogP contribution in [0.25, 0.3) is 0 Å². The first-order valence-electron chi connectivity index (χ1n) is 6.42. The molecule has 2 atom stereocenters. The Morgan fingerprint density at radius 2 is 2.33 bits per heavy atom. The molecule has 0 bridgehead atoms. The molecule has 0 aromatic heterocycles. The van der Waals surface area contributed by atoms with Crippen LogP contribution >= 0.6 is 15.9 Å². The van der Waals surface area contributed by atoms with Crippen molar-refractivity contribution in [3.05, 3.63) is 34.1 Å². The maximum atomic E-state index is 13.2. The van der Waals surface area contributed by atoms with E-state index in [1.54, 1.807) is 12.1 Å². The fourth-order valence-electron chi connectivity index (χ4n) is 2.65. The molecule has 1 aliphatic rings. The maximum Gasteiger partial charge on any atom is 0.123 e. The highest BCUT2D eigenvalue weighted by Gasteiger charge is 2.26. The zero-order valence-electron chi connectivity index (χ0n) is 10.6. The van der Waals surface area contributed by atoms with Crippen LogP contribution in [0.5, 0.6) is 0 Å². The van der Waals surface area contributed by atoms with Crippen molar-refractivity contribution in [3.63, 3.8) is 0 Å². The van der Waals surface area contributed by atoms with Gasteiger partial charge in [-0.25, -0.2) is 4.39 Å². The first kappa shape index (κ1) is 14.0. The molecular formula is C14H19BrFNO. The molecule has 0 radical (unpaired) electrons. The van der Waals surface area contributed by atoms with Crippen LogP contribution in [0.4, 0.5) is 4.39 Å². The summed E-state index contributed by atoms with van der Waals surface area (Å²) in [7, 11) is 0. The van der Waals surface area contributed by atoms with Gasteiger partial charge in [-0.2, -0.15) is 0 Å². The number of nitrogens with zero attached hydrogens (tertiary/aromatic N) is 1. The zero-order valence-corrected chi connectivity index (χ0v) is 12.2. The van der Waals surface area contributed by atoms with Crippen molar-refractivity contribution >= 4 is 15.9 Å². The van der Waals surface area contributed by atoms with Crippen molar-refractivity contribution in [3.8, 4) is 0 Å². The van der Waals surface area contributed by atoms with E-state index in [-0.39, 0.29) is 11.9 Å². The van der Waals surface area contributed by atoms with Gasteiger partial charge in [0.15, 0.2) is 0 Å². The summed E-state index contributed by atoms with van der Waals surface area (Å²) >= 11 is 3.47. The van der Waals surface area contributed by atoms with Crippen LogP contribution in [0.2, 0.25) is 0 Å². The number of aliphatic hydroxyl groups is 1. The summed E-state index contributed by atoms with van der Waals surface area (Å²) in [6.45, 7) is 3.60. The Bertz CT molecular complexity index is 411. The fourth-order valence-corrected chi connectivity index (χ4v) is 3.02. The highest BCUT2D eigenvalue weighted by atomic mass is 79.9. The van der Waals surface area contributed by atoms with E-state index in [1.165, 1.54) is 6.07 Å². The monoisotopic (exact) mass is 315 g/mol. The predicted molar refractivity (Wildman–Crippen MR) is 73.8 cm³/mol. The Morgan fingerprint density at radius 1 is 1.56 bits per heavy atom. The third-order valence-electron chi connectivity index (χ3n) is 3.49. The normalized spacial score (nSPS) is 22.3. The summed E-state index contributed by atoms with van der Waals surface area (Å²) in [6, 6.07) is 5.22. The number of benzene rings is 1. The molecule has 1 heterocycles. The molecule has 0 saturated carbocycles. The second-order valence-electron chi connectivity index (χ2n) is 5.09. The third-order valence-corrected chi connectivity index (χ3v) is 4.27. The van der Waals surface area contributed by atoms with Gasteiger partial charge >= 0.3 is 0 Å². The molecule has 100 valence electrons. The summed E-state index contributed by atoms with van der Waals surface area (Å²) in [5.41, 5.74) is 0.979. The highest BCUT2D eigenvalue weighted by Crippen LogP contribution is 2.26. The van der Waals surface area contributed by atoms with Crippen LogP contribution in [-0.4, -0.2) is 28.7 Å². The number of rotatable bonds is 4. The number of aliphatic hydroxyl groups excluding tert-OH is 1. The van der Waals surface area contributed by atoms with Crippen LogP contribution < -0.4 is 0 Å². The molecule has 1 N–H and O–H groups in total. The van der Waals surface area contributed by atoms with Crippen LogP contribution in [0.15, 0.2) is 22.7 Å². The van der Waals surface area contributed by atoms with Crippen molar-refractivity contribution in [2.75, 3.05) is 6.54 Å². The molecule has 1 saturated heterocycles. The van der Waals surface area contributed by atoms with Gasteiger partial charge in [-0.1, -0.05) is 15.9 Å². The van der Waals surface area contributed by atoms with E-state index < -0.39 is 0 Å². The van der Waals surface area contributed by atoms with Gasteiger partial charge in [0.2, 0.25) is 0 Å². The number of hydrogen-bond acceptors (Lipinski definition) is 2. The largest absolute Gasteiger partial charge is 0.393 e. The molecule has 1 fully saturated rings. The Labute approximate surface area is 116 Å². The molecular weight excluding hydrogens is 297 g/mol. The molecule has 2 rings (SSSR count). The molecule has 18 heavy (non-hydrogen) atoms. The molecule has 4 heteroatoms. The van der Waals surface area contributed by atoms with Gasteiger partial charge in [0, 0.05) is 17.1 Å². The minimum Gasteiger partial charge on any atom is -0.393 e. The number of hydrogen-bond donors (Lipinski definition) is 1. The summed E-state index contributed by atoms with van der Waals surface area (Å²) in [4.78, 5) is 2.34. The molecule has 0 spiro atoms. The third kappa shape index (κ3) is 3.53.